The molecule has 110 valence electrons. The molecule has 0 fully saturated rings. The van der Waals surface area contributed by atoms with Crippen LogP contribution in [0.2, 0.25) is 0 Å². The van der Waals surface area contributed by atoms with Crippen LogP contribution < -0.4 is 5.32 Å². The lowest BCUT2D eigenvalue weighted by Crippen LogP contribution is -2.29. The fourth-order valence-electron chi connectivity index (χ4n) is 2.02. The molecule has 4 nitrogen and oxygen atoms in total. The van der Waals surface area contributed by atoms with E-state index in [2.05, 4.69) is 10.2 Å². The van der Waals surface area contributed by atoms with Crippen molar-refractivity contribution in [1.82, 2.24) is 10.2 Å². The van der Waals surface area contributed by atoms with Gasteiger partial charge >= 0.3 is 0 Å². The first-order valence-corrected chi connectivity index (χ1v) is 7.02. The molecule has 20 heavy (non-hydrogen) atoms. The van der Waals surface area contributed by atoms with Crippen molar-refractivity contribution >= 4 is 12.2 Å². The molecule has 0 aromatic heterocycles. The van der Waals surface area contributed by atoms with E-state index in [1.165, 1.54) is 0 Å². The lowest BCUT2D eigenvalue weighted by atomic mass is 9.97. The van der Waals surface area contributed by atoms with E-state index in [1.807, 2.05) is 44.4 Å². The van der Waals surface area contributed by atoms with Crippen molar-refractivity contribution in [2.75, 3.05) is 27.2 Å². The topological polar surface area (TPSA) is 49.4 Å². The second-order valence-corrected chi connectivity index (χ2v) is 5.30. The van der Waals surface area contributed by atoms with Gasteiger partial charge in [0, 0.05) is 18.9 Å². The largest absolute Gasteiger partial charge is 0.356 e. The van der Waals surface area contributed by atoms with Crippen molar-refractivity contribution in [3.63, 3.8) is 0 Å². The minimum absolute atomic E-state index is 0.0446. The van der Waals surface area contributed by atoms with Crippen molar-refractivity contribution in [3.05, 3.63) is 35.9 Å². The van der Waals surface area contributed by atoms with Crippen LogP contribution in [0.3, 0.4) is 0 Å². The Morgan fingerprint density at radius 3 is 2.60 bits per heavy atom. The van der Waals surface area contributed by atoms with E-state index in [1.54, 1.807) is 0 Å². The van der Waals surface area contributed by atoms with E-state index < -0.39 is 0 Å². The third kappa shape index (κ3) is 7.04. The first-order valence-electron chi connectivity index (χ1n) is 7.02. The molecule has 0 heterocycles. The highest BCUT2D eigenvalue weighted by Gasteiger charge is 2.13. The Morgan fingerprint density at radius 2 is 2.00 bits per heavy atom. The van der Waals surface area contributed by atoms with Gasteiger partial charge in [-0.05, 0) is 39.0 Å². The predicted molar refractivity (Wildman–Crippen MR) is 80.5 cm³/mol. The highest BCUT2D eigenvalue weighted by atomic mass is 16.1. The minimum Gasteiger partial charge on any atom is -0.356 e. The van der Waals surface area contributed by atoms with Crippen LogP contribution in [-0.4, -0.2) is 44.3 Å². The van der Waals surface area contributed by atoms with Gasteiger partial charge in [-0.25, -0.2) is 0 Å². The fraction of sp³-hybridized carbons (Fsp3) is 0.500. The average molecular weight is 276 g/mol. The van der Waals surface area contributed by atoms with E-state index in [0.717, 1.165) is 24.8 Å². The van der Waals surface area contributed by atoms with Gasteiger partial charge in [0.05, 0.1) is 0 Å². The number of carbonyl (C=O) groups excluding carboxylic acids is 2. The summed E-state index contributed by atoms with van der Waals surface area (Å²) in [6.45, 7) is 1.61. The second kappa shape index (κ2) is 9.26. The maximum absolute atomic E-state index is 11.8. The van der Waals surface area contributed by atoms with Crippen LogP contribution in [-0.2, 0) is 16.0 Å². The molecule has 4 heteroatoms. The SMILES string of the molecule is CN(C)CCCNC(=O)CC(C=O)Cc1ccccc1. The number of hydrogen-bond donors (Lipinski definition) is 1. The Balaban J connectivity index is 2.29. The third-order valence-corrected chi connectivity index (χ3v) is 3.09. The number of amides is 1. The quantitative estimate of drug-likeness (QED) is 0.549. The Morgan fingerprint density at radius 1 is 1.30 bits per heavy atom. The zero-order valence-electron chi connectivity index (χ0n) is 12.3. The maximum atomic E-state index is 11.8. The number of benzene rings is 1. The molecule has 1 rings (SSSR count). The Hall–Kier alpha value is -1.68. The fourth-order valence-corrected chi connectivity index (χ4v) is 2.02. The van der Waals surface area contributed by atoms with Crippen LogP contribution >= 0.6 is 0 Å². The molecule has 0 bridgehead atoms. The van der Waals surface area contributed by atoms with E-state index in [9.17, 15) is 9.59 Å². The number of hydrogen-bond acceptors (Lipinski definition) is 3. The van der Waals surface area contributed by atoms with Gasteiger partial charge in [-0.1, -0.05) is 30.3 Å². The lowest BCUT2D eigenvalue weighted by Gasteiger charge is -2.12. The number of aldehydes is 1. The monoisotopic (exact) mass is 276 g/mol. The van der Waals surface area contributed by atoms with E-state index in [-0.39, 0.29) is 18.2 Å². The van der Waals surface area contributed by atoms with Crippen molar-refractivity contribution in [2.24, 2.45) is 5.92 Å². The molecule has 0 aliphatic heterocycles. The Kier molecular flexibility index (Phi) is 7.58. The number of rotatable bonds is 9. The first-order chi connectivity index (χ1) is 9.61. The molecule has 1 amide bonds. The Labute approximate surface area is 121 Å². The summed E-state index contributed by atoms with van der Waals surface area (Å²) in [6.07, 6.45) is 2.69. The van der Waals surface area contributed by atoms with Crippen LogP contribution in [0.1, 0.15) is 18.4 Å². The van der Waals surface area contributed by atoms with Crippen LogP contribution in [0.25, 0.3) is 0 Å². The van der Waals surface area contributed by atoms with Crippen molar-refractivity contribution in [3.8, 4) is 0 Å². The Bertz CT molecular complexity index is 404. The minimum atomic E-state index is -0.244. The van der Waals surface area contributed by atoms with Gasteiger partial charge in [-0.3, -0.25) is 4.79 Å². The van der Waals surface area contributed by atoms with Gasteiger partial charge in [0.15, 0.2) is 0 Å². The molecule has 1 unspecified atom stereocenters. The van der Waals surface area contributed by atoms with Crippen LogP contribution in [0, 0.1) is 5.92 Å². The second-order valence-electron chi connectivity index (χ2n) is 5.30. The van der Waals surface area contributed by atoms with Gasteiger partial charge in [0.25, 0.3) is 0 Å². The number of nitrogens with one attached hydrogen (secondary N) is 1. The highest BCUT2D eigenvalue weighted by molar-refractivity contribution is 5.79. The molecule has 1 N–H and O–H groups in total. The number of nitrogens with zero attached hydrogens (tertiary/aromatic N) is 1. The third-order valence-electron chi connectivity index (χ3n) is 3.09. The molecule has 1 aromatic rings. The zero-order chi connectivity index (χ0) is 14.8. The first kappa shape index (κ1) is 16.4. The molecule has 1 aromatic carbocycles. The molecular weight excluding hydrogens is 252 g/mol. The average Bonchev–Trinajstić information content (AvgIpc) is 2.44. The molecule has 1 atom stereocenters. The van der Waals surface area contributed by atoms with E-state index >= 15 is 0 Å². The van der Waals surface area contributed by atoms with Gasteiger partial charge in [-0.15, -0.1) is 0 Å². The molecule has 0 spiro atoms. The standard InChI is InChI=1S/C16H24N2O2/c1-18(2)10-6-9-17-16(20)12-15(13-19)11-14-7-4-3-5-8-14/h3-5,7-8,13,15H,6,9-12H2,1-2H3,(H,17,20). The van der Waals surface area contributed by atoms with Gasteiger partial charge in [0.2, 0.25) is 5.91 Å². The summed E-state index contributed by atoms with van der Waals surface area (Å²) >= 11 is 0. The molecule has 0 saturated heterocycles. The van der Waals surface area contributed by atoms with Crippen molar-refractivity contribution in [1.29, 1.82) is 0 Å². The predicted octanol–water partition coefficient (Wildman–Crippen LogP) is 1.50. The van der Waals surface area contributed by atoms with Crippen molar-refractivity contribution in [2.45, 2.75) is 19.3 Å². The summed E-state index contributed by atoms with van der Waals surface area (Å²) in [4.78, 5) is 24.9. The molecule has 0 radical (unpaired) electrons. The van der Waals surface area contributed by atoms with E-state index in [0.29, 0.717) is 13.0 Å². The van der Waals surface area contributed by atoms with Gasteiger partial charge < -0.3 is 15.0 Å². The number of carbonyl (C=O) groups is 2. The molecule has 0 saturated carbocycles. The maximum Gasteiger partial charge on any atom is 0.220 e. The lowest BCUT2D eigenvalue weighted by molar-refractivity contribution is -0.124. The van der Waals surface area contributed by atoms with Crippen LogP contribution in [0.15, 0.2) is 30.3 Å². The highest BCUT2D eigenvalue weighted by Crippen LogP contribution is 2.10. The summed E-state index contributed by atoms with van der Waals surface area (Å²) in [5.41, 5.74) is 1.09. The summed E-state index contributed by atoms with van der Waals surface area (Å²) in [6, 6.07) is 9.78. The van der Waals surface area contributed by atoms with Gasteiger partial charge in [-0.2, -0.15) is 0 Å². The van der Waals surface area contributed by atoms with Crippen LogP contribution in [0.4, 0.5) is 0 Å². The molecule has 0 aliphatic carbocycles. The molecule has 0 aliphatic rings. The van der Waals surface area contributed by atoms with Crippen LogP contribution in [0.5, 0.6) is 0 Å². The summed E-state index contributed by atoms with van der Waals surface area (Å²) < 4.78 is 0. The normalized spacial score (nSPS) is 12.2. The smallest absolute Gasteiger partial charge is 0.220 e. The zero-order valence-corrected chi connectivity index (χ0v) is 12.3. The summed E-state index contributed by atoms with van der Waals surface area (Å²) in [7, 11) is 4.01. The van der Waals surface area contributed by atoms with Crippen molar-refractivity contribution < 1.29 is 9.59 Å². The summed E-state index contributed by atoms with van der Waals surface area (Å²) in [5.74, 6) is -0.289. The van der Waals surface area contributed by atoms with E-state index in [4.69, 9.17) is 0 Å². The van der Waals surface area contributed by atoms with Gasteiger partial charge in [0.1, 0.15) is 6.29 Å². The molecular formula is C16H24N2O2. The summed E-state index contributed by atoms with van der Waals surface area (Å²) in [5, 5.41) is 2.86.